The van der Waals surface area contributed by atoms with E-state index in [1.165, 1.54) is 11.8 Å². The minimum absolute atomic E-state index is 0.00300. The molecule has 1 atom stereocenters. The van der Waals surface area contributed by atoms with Gasteiger partial charge in [0.1, 0.15) is 0 Å². The Bertz CT molecular complexity index is 1170. The number of hydrogen-bond donors (Lipinski definition) is 1. The molecule has 29 heavy (non-hydrogen) atoms. The zero-order valence-corrected chi connectivity index (χ0v) is 16.7. The fraction of sp³-hybridized carbons (Fsp3) is 0.238. The molecule has 0 fully saturated rings. The van der Waals surface area contributed by atoms with Crippen molar-refractivity contribution in [2.45, 2.75) is 30.3 Å². The number of rotatable bonds is 7. The number of aliphatic hydroxyl groups excluding tert-OH is 1. The lowest BCUT2D eigenvalue weighted by Crippen LogP contribution is -2.24. The molecule has 0 saturated carbocycles. The van der Waals surface area contributed by atoms with Gasteiger partial charge in [-0.15, -0.1) is 10.2 Å². The molecule has 148 valence electrons. The molecular weight excluding hydrogens is 388 g/mol. The van der Waals surface area contributed by atoms with Crippen LogP contribution in [0.3, 0.4) is 0 Å². The van der Waals surface area contributed by atoms with Gasteiger partial charge in [0.15, 0.2) is 5.16 Å². The highest BCUT2D eigenvalue weighted by molar-refractivity contribution is 7.99. The lowest BCUT2D eigenvalue weighted by molar-refractivity contribution is 0.276. The molecular formula is C21H20N4O3S. The Kier molecular flexibility index (Phi) is 5.73. The van der Waals surface area contributed by atoms with Crippen LogP contribution in [0.25, 0.3) is 22.4 Å². The standard InChI is InChI=1S/C21H20N4O3S/c1-14(18-23-24-19(28-18)15-8-3-2-4-9-15)29-21-22-17-11-6-5-10-16(17)20(27)25(21)12-7-13-26/h2-6,8-11,14,26H,7,12-13H2,1H3. The summed E-state index contributed by atoms with van der Waals surface area (Å²) in [5.41, 5.74) is 1.38. The smallest absolute Gasteiger partial charge is 0.262 e. The normalized spacial score (nSPS) is 12.3. The summed E-state index contributed by atoms with van der Waals surface area (Å²) in [7, 11) is 0. The van der Waals surface area contributed by atoms with E-state index in [2.05, 4.69) is 15.2 Å². The molecule has 1 N–H and O–H groups in total. The molecule has 0 saturated heterocycles. The number of aromatic nitrogens is 4. The molecule has 7 nitrogen and oxygen atoms in total. The summed E-state index contributed by atoms with van der Waals surface area (Å²) in [6.07, 6.45) is 0.473. The highest BCUT2D eigenvalue weighted by atomic mass is 32.2. The van der Waals surface area contributed by atoms with Gasteiger partial charge in [-0.3, -0.25) is 9.36 Å². The van der Waals surface area contributed by atoms with Crippen LogP contribution in [-0.4, -0.2) is 31.5 Å². The van der Waals surface area contributed by atoms with Gasteiger partial charge in [-0.1, -0.05) is 42.1 Å². The monoisotopic (exact) mass is 408 g/mol. The molecule has 0 amide bonds. The molecule has 8 heteroatoms. The van der Waals surface area contributed by atoms with Crippen molar-refractivity contribution in [3.05, 3.63) is 70.8 Å². The maximum atomic E-state index is 12.9. The highest BCUT2D eigenvalue weighted by Gasteiger charge is 2.20. The third-order valence-corrected chi connectivity index (χ3v) is 5.54. The van der Waals surface area contributed by atoms with E-state index in [9.17, 15) is 9.90 Å². The van der Waals surface area contributed by atoms with Gasteiger partial charge in [0, 0.05) is 18.7 Å². The Balaban J connectivity index is 1.66. The summed E-state index contributed by atoms with van der Waals surface area (Å²) in [5, 5.41) is 18.5. The van der Waals surface area contributed by atoms with Crippen LogP contribution in [-0.2, 0) is 6.54 Å². The van der Waals surface area contributed by atoms with Crippen LogP contribution in [0.1, 0.15) is 24.5 Å². The SMILES string of the molecule is CC(Sc1nc2ccccc2c(=O)n1CCCO)c1nnc(-c2ccccc2)o1. The van der Waals surface area contributed by atoms with Crippen molar-refractivity contribution in [2.24, 2.45) is 0 Å². The molecule has 0 aliphatic carbocycles. The molecule has 0 spiro atoms. The number of fused-ring (bicyclic) bond motifs is 1. The van der Waals surface area contributed by atoms with E-state index in [-0.39, 0.29) is 17.4 Å². The summed E-state index contributed by atoms with van der Waals surface area (Å²) < 4.78 is 7.45. The second kappa shape index (κ2) is 8.59. The van der Waals surface area contributed by atoms with Crippen LogP contribution < -0.4 is 5.56 Å². The van der Waals surface area contributed by atoms with E-state index in [1.54, 1.807) is 10.6 Å². The van der Waals surface area contributed by atoms with Crippen molar-refractivity contribution in [2.75, 3.05) is 6.61 Å². The number of benzene rings is 2. The Morgan fingerprint density at radius 3 is 2.66 bits per heavy atom. The van der Waals surface area contributed by atoms with Crippen LogP contribution in [0.5, 0.6) is 0 Å². The van der Waals surface area contributed by atoms with Gasteiger partial charge in [-0.2, -0.15) is 0 Å². The van der Waals surface area contributed by atoms with Crippen LogP contribution >= 0.6 is 11.8 Å². The van der Waals surface area contributed by atoms with Gasteiger partial charge in [0.25, 0.3) is 5.56 Å². The summed E-state index contributed by atoms with van der Waals surface area (Å²) in [6.45, 7) is 2.33. The second-order valence-electron chi connectivity index (χ2n) is 6.52. The molecule has 4 aromatic rings. The van der Waals surface area contributed by atoms with Crippen molar-refractivity contribution in [1.29, 1.82) is 0 Å². The first kappa shape index (κ1) is 19.4. The van der Waals surface area contributed by atoms with Crippen LogP contribution in [0.4, 0.5) is 0 Å². The van der Waals surface area contributed by atoms with E-state index < -0.39 is 0 Å². The van der Waals surface area contributed by atoms with E-state index in [0.29, 0.717) is 40.8 Å². The average Bonchev–Trinajstić information content (AvgIpc) is 3.25. The Morgan fingerprint density at radius 1 is 1.10 bits per heavy atom. The van der Waals surface area contributed by atoms with Crippen LogP contribution in [0.2, 0.25) is 0 Å². The first-order chi connectivity index (χ1) is 14.2. The van der Waals surface area contributed by atoms with E-state index in [0.717, 1.165) is 5.56 Å². The van der Waals surface area contributed by atoms with E-state index in [4.69, 9.17) is 4.42 Å². The molecule has 0 bridgehead atoms. The quantitative estimate of drug-likeness (QED) is 0.368. The Morgan fingerprint density at radius 2 is 1.86 bits per heavy atom. The predicted octanol–water partition coefficient (Wildman–Crippen LogP) is 3.68. The Labute approximate surface area is 171 Å². The van der Waals surface area contributed by atoms with Gasteiger partial charge in [0.2, 0.25) is 11.8 Å². The molecule has 2 aromatic heterocycles. The topological polar surface area (TPSA) is 94.0 Å². The van der Waals surface area contributed by atoms with Gasteiger partial charge < -0.3 is 9.52 Å². The van der Waals surface area contributed by atoms with Crippen molar-refractivity contribution >= 4 is 22.7 Å². The number of aliphatic hydroxyl groups is 1. The first-order valence-corrected chi connectivity index (χ1v) is 10.2. The zero-order chi connectivity index (χ0) is 20.2. The fourth-order valence-electron chi connectivity index (χ4n) is 2.97. The summed E-state index contributed by atoms with van der Waals surface area (Å²) in [5.74, 6) is 0.919. The third kappa shape index (κ3) is 4.08. The maximum Gasteiger partial charge on any atom is 0.262 e. The minimum Gasteiger partial charge on any atom is -0.419 e. The minimum atomic E-state index is -0.201. The number of nitrogens with zero attached hydrogens (tertiary/aromatic N) is 4. The fourth-order valence-corrected chi connectivity index (χ4v) is 3.93. The summed E-state index contributed by atoms with van der Waals surface area (Å²) >= 11 is 1.39. The van der Waals surface area contributed by atoms with Gasteiger partial charge in [0.05, 0.1) is 16.2 Å². The summed E-state index contributed by atoms with van der Waals surface area (Å²) in [4.78, 5) is 17.6. The lowest BCUT2D eigenvalue weighted by Gasteiger charge is -2.14. The van der Waals surface area contributed by atoms with Crippen molar-refractivity contribution in [1.82, 2.24) is 19.7 Å². The molecule has 0 aliphatic rings. The van der Waals surface area contributed by atoms with Gasteiger partial charge in [-0.05, 0) is 37.6 Å². The largest absolute Gasteiger partial charge is 0.419 e. The molecule has 0 aliphatic heterocycles. The van der Waals surface area contributed by atoms with Crippen LogP contribution in [0.15, 0.2) is 69.0 Å². The van der Waals surface area contributed by atoms with Crippen molar-refractivity contribution in [3.8, 4) is 11.5 Å². The second-order valence-corrected chi connectivity index (χ2v) is 7.82. The maximum absolute atomic E-state index is 12.9. The molecule has 4 rings (SSSR count). The lowest BCUT2D eigenvalue weighted by atomic mass is 10.2. The van der Waals surface area contributed by atoms with Gasteiger partial charge >= 0.3 is 0 Å². The highest BCUT2D eigenvalue weighted by Crippen LogP contribution is 2.34. The molecule has 1 unspecified atom stereocenters. The Hall–Kier alpha value is -2.97. The number of hydrogen-bond acceptors (Lipinski definition) is 7. The average molecular weight is 408 g/mol. The number of thioether (sulfide) groups is 1. The molecule has 2 heterocycles. The van der Waals surface area contributed by atoms with Crippen molar-refractivity contribution < 1.29 is 9.52 Å². The zero-order valence-electron chi connectivity index (χ0n) is 15.9. The third-order valence-electron chi connectivity index (χ3n) is 4.46. The van der Waals surface area contributed by atoms with Gasteiger partial charge in [-0.25, -0.2) is 4.98 Å². The molecule has 0 radical (unpaired) electrons. The summed E-state index contributed by atoms with van der Waals surface area (Å²) in [6, 6.07) is 16.8. The predicted molar refractivity (Wildman–Crippen MR) is 112 cm³/mol. The van der Waals surface area contributed by atoms with E-state index >= 15 is 0 Å². The molecule has 2 aromatic carbocycles. The van der Waals surface area contributed by atoms with E-state index in [1.807, 2.05) is 55.5 Å². The van der Waals surface area contributed by atoms with Crippen LogP contribution in [0, 0.1) is 0 Å². The van der Waals surface area contributed by atoms with Crippen molar-refractivity contribution in [3.63, 3.8) is 0 Å². The number of para-hydroxylation sites is 1. The first-order valence-electron chi connectivity index (χ1n) is 9.33.